The molecule has 0 aliphatic rings. The van der Waals surface area contributed by atoms with E-state index >= 15 is 0 Å². The van der Waals surface area contributed by atoms with Crippen LogP contribution in [0.2, 0.25) is 0 Å². The molecule has 0 aliphatic heterocycles. The number of hydrogen-bond donors (Lipinski definition) is 1. The molecule has 0 atom stereocenters. The van der Waals surface area contributed by atoms with Crippen molar-refractivity contribution in [1.29, 1.82) is 0 Å². The zero-order valence-electron chi connectivity index (χ0n) is 14.7. The van der Waals surface area contributed by atoms with Crippen LogP contribution < -0.4 is 5.32 Å². The van der Waals surface area contributed by atoms with Crippen molar-refractivity contribution >= 4 is 27.7 Å². The van der Waals surface area contributed by atoms with Crippen LogP contribution in [0.25, 0.3) is 0 Å². The highest BCUT2D eigenvalue weighted by atomic mass is 79.9. The molecule has 3 aromatic heterocycles. The van der Waals surface area contributed by atoms with Gasteiger partial charge < -0.3 is 19.8 Å². The molecule has 1 N–H and O–H groups in total. The molecule has 0 radical (unpaired) electrons. The Labute approximate surface area is 162 Å². The third-order valence-electron chi connectivity index (χ3n) is 3.89. The van der Waals surface area contributed by atoms with Gasteiger partial charge in [-0.2, -0.15) is 9.78 Å². The minimum absolute atomic E-state index is 0.159. The molecule has 142 valence electrons. The lowest BCUT2D eigenvalue weighted by molar-refractivity contribution is -0.390. The first-order valence-corrected chi connectivity index (χ1v) is 8.93. The molecule has 0 saturated carbocycles. The molecule has 3 aromatic rings. The van der Waals surface area contributed by atoms with Crippen LogP contribution in [-0.4, -0.2) is 30.4 Å². The largest absolute Gasteiger partial charge is 0.454 e. The molecule has 3 heterocycles. The molecule has 0 fully saturated rings. The predicted octanol–water partition coefficient (Wildman–Crippen LogP) is 2.65. The van der Waals surface area contributed by atoms with Gasteiger partial charge in [-0.1, -0.05) is 0 Å². The molecule has 0 bridgehead atoms. The first-order valence-electron chi connectivity index (χ1n) is 8.14. The molecule has 10 nitrogen and oxygen atoms in total. The van der Waals surface area contributed by atoms with E-state index < -0.39 is 4.92 Å². The molecule has 0 saturated heterocycles. The summed E-state index contributed by atoms with van der Waals surface area (Å²) in [6, 6.07) is 3.19. The summed E-state index contributed by atoms with van der Waals surface area (Å²) in [5, 5.41) is 21.8. The highest BCUT2D eigenvalue weighted by Crippen LogP contribution is 2.22. The van der Waals surface area contributed by atoms with Gasteiger partial charge in [0.1, 0.15) is 16.8 Å². The van der Waals surface area contributed by atoms with Crippen LogP contribution >= 0.6 is 15.9 Å². The fraction of sp³-hybridized carbons (Fsp3) is 0.312. The standard InChI is InChI=1S/C16H17BrN6O4/c1-3-21-7-11(10(2)19-21)6-18-16(24)14-5-4-12(27-14)8-22-9-13(17)15(20-22)23(25)26/h4-5,7,9H,3,6,8H2,1-2H3,(H,18,24). The van der Waals surface area contributed by atoms with Gasteiger partial charge in [-0.15, -0.1) is 0 Å². The van der Waals surface area contributed by atoms with Gasteiger partial charge in [-0.05, 0) is 46.8 Å². The molecule has 0 aliphatic carbocycles. The number of carbonyl (C=O) groups is 1. The third-order valence-corrected chi connectivity index (χ3v) is 4.45. The van der Waals surface area contributed by atoms with Gasteiger partial charge in [-0.3, -0.25) is 9.48 Å². The monoisotopic (exact) mass is 436 g/mol. The molecule has 0 aromatic carbocycles. The van der Waals surface area contributed by atoms with Crippen molar-refractivity contribution < 1.29 is 14.1 Å². The van der Waals surface area contributed by atoms with E-state index in [1.165, 1.54) is 10.9 Å². The predicted molar refractivity (Wildman–Crippen MR) is 98.2 cm³/mol. The van der Waals surface area contributed by atoms with Gasteiger partial charge in [0.15, 0.2) is 5.76 Å². The fourth-order valence-electron chi connectivity index (χ4n) is 2.49. The SMILES string of the molecule is CCn1cc(CNC(=O)c2ccc(Cn3cc(Br)c([N+](=O)[O-])n3)o2)c(C)n1. The molecule has 11 heteroatoms. The molecular formula is C16H17BrN6O4. The lowest BCUT2D eigenvalue weighted by Gasteiger charge is -2.02. The number of hydrogen-bond acceptors (Lipinski definition) is 6. The summed E-state index contributed by atoms with van der Waals surface area (Å²) in [5.41, 5.74) is 1.80. The van der Waals surface area contributed by atoms with E-state index in [1.807, 2.05) is 24.7 Å². The van der Waals surface area contributed by atoms with Crippen molar-refractivity contribution in [1.82, 2.24) is 24.9 Å². The number of amides is 1. The maximum atomic E-state index is 12.3. The summed E-state index contributed by atoms with van der Waals surface area (Å²) in [7, 11) is 0. The minimum Gasteiger partial charge on any atom is -0.454 e. The van der Waals surface area contributed by atoms with E-state index in [4.69, 9.17) is 4.42 Å². The van der Waals surface area contributed by atoms with Crippen LogP contribution in [0.15, 0.2) is 33.4 Å². The molecular weight excluding hydrogens is 420 g/mol. The first kappa shape index (κ1) is 18.8. The lowest BCUT2D eigenvalue weighted by Crippen LogP contribution is -2.22. The number of halogens is 1. The summed E-state index contributed by atoms with van der Waals surface area (Å²) in [6.07, 6.45) is 3.38. The third kappa shape index (κ3) is 4.25. The van der Waals surface area contributed by atoms with E-state index in [0.29, 0.717) is 12.3 Å². The van der Waals surface area contributed by atoms with E-state index in [2.05, 4.69) is 31.4 Å². The Hall–Kier alpha value is -2.95. The Kier molecular flexibility index (Phi) is 5.40. The highest BCUT2D eigenvalue weighted by molar-refractivity contribution is 9.10. The van der Waals surface area contributed by atoms with Gasteiger partial charge in [0.25, 0.3) is 5.91 Å². The van der Waals surface area contributed by atoms with E-state index in [9.17, 15) is 14.9 Å². The number of aryl methyl sites for hydroxylation is 2. The maximum absolute atomic E-state index is 12.3. The topological polar surface area (TPSA) is 121 Å². The van der Waals surface area contributed by atoms with Crippen molar-refractivity contribution in [3.05, 3.63) is 61.9 Å². The minimum atomic E-state index is -0.579. The smallest absolute Gasteiger partial charge is 0.404 e. The summed E-state index contributed by atoms with van der Waals surface area (Å²) in [4.78, 5) is 22.5. The number of rotatable bonds is 7. The van der Waals surface area contributed by atoms with Crippen molar-refractivity contribution in [2.45, 2.75) is 33.5 Å². The van der Waals surface area contributed by atoms with Crippen LogP contribution in [0.1, 0.15) is 34.5 Å². The van der Waals surface area contributed by atoms with Crippen LogP contribution in [0, 0.1) is 17.0 Å². The van der Waals surface area contributed by atoms with Crippen LogP contribution in [0.4, 0.5) is 5.82 Å². The Morgan fingerprint density at radius 3 is 2.74 bits per heavy atom. The molecule has 0 unspecified atom stereocenters. The Morgan fingerprint density at radius 2 is 2.11 bits per heavy atom. The average molecular weight is 437 g/mol. The Morgan fingerprint density at radius 1 is 1.33 bits per heavy atom. The second-order valence-electron chi connectivity index (χ2n) is 5.80. The molecule has 27 heavy (non-hydrogen) atoms. The second-order valence-corrected chi connectivity index (χ2v) is 6.65. The molecule has 3 rings (SSSR count). The summed E-state index contributed by atoms with van der Waals surface area (Å²) < 4.78 is 8.98. The van der Waals surface area contributed by atoms with Crippen molar-refractivity contribution in [3.63, 3.8) is 0 Å². The van der Waals surface area contributed by atoms with Gasteiger partial charge >= 0.3 is 5.82 Å². The lowest BCUT2D eigenvalue weighted by atomic mass is 10.2. The highest BCUT2D eigenvalue weighted by Gasteiger charge is 2.20. The Bertz CT molecular complexity index is 989. The van der Waals surface area contributed by atoms with Gasteiger partial charge in [0, 0.05) is 24.8 Å². The van der Waals surface area contributed by atoms with Crippen LogP contribution in [-0.2, 0) is 19.6 Å². The number of furan rings is 1. The number of carbonyl (C=O) groups excluding carboxylic acids is 1. The molecule has 0 spiro atoms. The number of aromatic nitrogens is 4. The zero-order valence-corrected chi connectivity index (χ0v) is 16.3. The van der Waals surface area contributed by atoms with Gasteiger partial charge in [-0.25, -0.2) is 0 Å². The van der Waals surface area contributed by atoms with Crippen LogP contribution in [0.5, 0.6) is 0 Å². The maximum Gasteiger partial charge on any atom is 0.404 e. The quantitative estimate of drug-likeness (QED) is 0.448. The summed E-state index contributed by atoms with van der Waals surface area (Å²) in [6.45, 7) is 5.16. The van der Waals surface area contributed by atoms with Crippen molar-refractivity contribution in [2.24, 2.45) is 0 Å². The Balaban J connectivity index is 1.62. The number of nitrogens with one attached hydrogen (secondary N) is 1. The number of nitrogens with zero attached hydrogens (tertiary/aromatic N) is 5. The summed E-state index contributed by atoms with van der Waals surface area (Å²) in [5.74, 6) is -0.00803. The average Bonchev–Trinajstić information content (AvgIpc) is 3.32. The van der Waals surface area contributed by atoms with Crippen LogP contribution in [0.3, 0.4) is 0 Å². The van der Waals surface area contributed by atoms with E-state index in [-0.39, 0.29) is 28.5 Å². The zero-order chi connectivity index (χ0) is 19.6. The number of nitro groups is 1. The van der Waals surface area contributed by atoms with Gasteiger partial charge in [0.2, 0.25) is 0 Å². The summed E-state index contributed by atoms with van der Waals surface area (Å²) >= 11 is 3.09. The van der Waals surface area contributed by atoms with E-state index in [1.54, 1.807) is 12.1 Å². The van der Waals surface area contributed by atoms with Crippen molar-refractivity contribution in [2.75, 3.05) is 0 Å². The molecule has 1 amide bonds. The van der Waals surface area contributed by atoms with Gasteiger partial charge in [0.05, 0.1) is 17.0 Å². The van der Waals surface area contributed by atoms with Crippen molar-refractivity contribution in [3.8, 4) is 0 Å². The fourth-order valence-corrected chi connectivity index (χ4v) is 2.95. The first-order chi connectivity index (χ1) is 12.9. The van der Waals surface area contributed by atoms with E-state index in [0.717, 1.165) is 17.8 Å². The normalized spacial score (nSPS) is 10.9. The second kappa shape index (κ2) is 7.74.